The van der Waals surface area contributed by atoms with Gasteiger partial charge in [0.25, 0.3) is 0 Å². The fourth-order valence-electron chi connectivity index (χ4n) is 11.5. The summed E-state index contributed by atoms with van der Waals surface area (Å²) in [5.74, 6) is -1.27. The molecule has 13 atom stereocenters. The summed E-state index contributed by atoms with van der Waals surface area (Å²) in [6, 6.07) is 9.94. The number of benzene rings is 1. The average molecular weight is 637 g/mol. The molecule has 8 rings (SSSR count). The van der Waals surface area contributed by atoms with Crippen LogP contribution in [0.5, 0.6) is 0 Å². The highest BCUT2D eigenvalue weighted by Gasteiger charge is 2.71. The van der Waals surface area contributed by atoms with Crippen LogP contribution in [0, 0.1) is 28.6 Å². The van der Waals surface area contributed by atoms with E-state index >= 15 is 0 Å². The van der Waals surface area contributed by atoms with Gasteiger partial charge in [-0.15, -0.1) is 0 Å². The summed E-state index contributed by atoms with van der Waals surface area (Å²) < 4.78 is 31.1. The third kappa shape index (κ3) is 4.34. The maximum Gasteiger partial charge on any atom is 0.331 e. The molecule has 0 radical (unpaired) electrons. The second-order valence-corrected chi connectivity index (χ2v) is 15.8. The van der Waals surface area contributed by atoms with Crippen LogP contribution in [0.25, 0.3) is 0 Å². The first kappa shape index (κ1) is 31.1. The van der Waals surface area contributed by atoms with Crippen molar-refractivity contribution < 1.29 is 43.5 Å². The summed E-state index contributed by atoms with van der Waals surface area (Å²) in [5.41, 5.74) is -1.55. The van der Waals surface area contributed by atoms with Gasteiger partial charge >= 0.3 is 5.97 Å². The van der Waals surface area contributed by atoms with E-state index in [4.69, 9.17) is 23.7 Å². The van der Waals surface area contributed by atoms with Crippen molar-refractivity contribution in [3.63, 3.8) is 0 Å². The number of cyclic esters (lactones) is 1. The van der Waals surface area contributed by atoms with Crippen molar-refractivity contribution in [3.05, 3.63) is 47.5 Å². The number of hydrogen-bond donors (Lipinski definition) is 2. The molecule has 0 amide bonds. The van der Waals surface area contributed by atoms with Gasteiger partial charge in [0, 0.05) is 29.9 Å². The molecule has 3 aliphatic heterocycles. The van der Waals surface area contributed by atoms with Crippen molar-refractivity contribution in [1.82, 2.24) is 0 Å². The van der Waals surface area contributed by atoms with E-state index in [0.29, 0.717) is 51.6 Å². The van der Waals surface area contributed by atoms with E-state index in [9.17, 15) is 19.8 Å². The van der Waals surface area contributed by atoms with E-state index in [1.165, 1.54) is 0 Å². The smallest absolute Gasteiger partial charge is 0.331 e. The summed E-state index contributed by atoms with van der Waals surface area (Å²) in [6.45, 7) is 6.41. The van der Waals surface area contributed by atoms with Crippen LogP contribution in [0.3, 0.4) is 0 Å². The molecule has 2 N–H and O–H groups in total. The van der Waals surface area contributed by atoms with Gasteiger partial charge in [-0.1, -0.05) is 37.3 Å². The third-order valence-electron chi connectivity index (χ3n) is 13.8. The van der Waals surface area contributed by atoms with Gasteiger partial charge in [-0.25, -0.2) is 4.79 Å². The van der Waals surface area contributed by atoms with E-state index < -0.39 is 34.1 Å². The molecule has 13 unspecified atom stereocenters. The minimum atomic E-state index is -1.21. The van der Waals surface area contributed by atoms with Crippen LogP contribution in [0.2, 0.25) is 0 Å². The number of aliphatic hydroxyl groups is 2. The van der Waals surface area contributed by atoms with Crippen LogP contribution in [0.1, 0.15) is 90.5 Å². The molecule has 0 spiro atoms. The van der Waals surface area contributed by atoms with Gasteiger partial charge in [-0.2, -0.15) is 0 Å². The molecular weight excluding hydrogens is 588 g/mol. The molecule has 4 aliphatic carbocycles. The SMILES string of the molecule is CC1OC(OC2CCC3(C=O)C4CCC5(C)C(C6=CC(=O)OC6)CCC5(O)C4CCC3(O)C2)CC2OC(C)(c3ccccc3)OC12. The molecular formula is C37H48O9. The van der Waals surface area contributed by atoms with E-state index in [1.54, 1.807) is 6.08 Å². The third-order valence-corrected chi connectivity index (χ3v) is 13.8. The van der Waals surface area contributed by atoms with Crippen molar-refractivity contribution in [2.45, 2.75) is 133 Å². The molecule has 7 aliphatic rings. The number of ether oxygens (including phenoxy) is 5. The second kappa shape index (κ2) is 10.7. The molecule has 0 aromatic heterocycles. The first-order chi connectivity index (χ1) is 21.9. The van der Waals surface area contributed by atoms with Crippen molar-refractivity contribution >= 4 is 12.3 Å². The van der Waals surface area contributed by atoms with Crippen LogP contribution in [-0.2, 0) is 39.1 Å². The highest BCUT2D eigenvalue weighted by Crippen LogP contribution is 2.70. The average Bonchev–Trinajstić information content (AvgIpc) is 3.70. The van der Waals surface area contributed by atoms with Gasteiger partial charge < -0.3 is 38.7 Å². The normalized spacial score (nSPS) is 51.3. The quantitative estimate of drug-likeness (QED) is 0.269. The molecule has 1 aromatic rings. The lowest BCUT2D eigenvalue weighted by Gasteiger charge is -2.65. The van der Waals surface area contributed by atoms with E-state index in [0.717, 1.165) is 36.7 Å². The Bertz CT molecular complexity index is 1410. The van der Waals surface area contributed by atoms with Crippen molar-refractivity contribution in [2.75, 3.05) is 6.61 Å². The Balaban J connectivity index is 0.969. The molecule has 1 aromatic carbocycles. The number of carbonyl (C=O) groups is 2. The number of esters is 1. The lowest BCUT2D eigenvalue weighted by atomic mass is 9.41. The van der Waals surface area contributed by atoms with Crippen molar-refractivity contribution in [2.24, 2.45) is 28.6 Å². The van der Waals surface area contributed by atoms with Gasteiger partial charge in [-0.05, 0) is 88.5 Å². The standard InChI is InChI=1S/C37H48O9/c1-22-32-29(45-34(3,46-32)24-7-5-4-6-8-24)18-31(43-22)44-25-9-14-35(21-38)27-10-13-33(2)26(23-17-30(39)42-20-23)12-16-37(33,41)28(27)11-15-36(35,40)19-25/h4-8,17,21-22,25-29,31-32,40-41H,9-16,18-20H2,1-3H3. The monoisotopic (exact) mass is 636 g/mol. The molecule has 46 heavy (non-hydrogen) atoms. The predicted molar refractivity (Wildman–Crippen MR) is 165 cm³/mol. The minimum Gasteiger partial charge on any atom is -0.458 e. The number of carbonyl (C=O) groups excluding carboxylic acids is 2. The highest BCUT2D eigenvalue weighted by molar-refractivity contribution is 5.85. The van der Waals surface area contributed by atoms with Crippen LogP contribution in [0.15, 0.2) is 42.0 Å². The molecule has 2 saturated heterocycles. The van der Waals surface area contributed by atoms with Gasteiger partial charge in [0.05, 0.1) is 34.9 Å². The zero-order valence-electron chi connectivity index (χ0n) is 27.2. The van der Waals surface area contributed by atoms with Gasteiger partial charge in [0.1, 0.15) is 19.0 Å². The largest absolute Gasteiger partial charge is 0.458 e. The highest BCUT2D eigenvalue weighted by atomic mass is 16.8. The fourth-order valence-corrected chi connectivity index (χ4v) is 11.5. The second-order valence-electron chi connectivity index (χ2n) is 15.8. The number of aldehydes is 1. The summed E-state index contributed by atoms with van der Waals surface area (Å²) in [6.07, 6.45) is 7.33. The Morgan fingerprint density at radius 2 is 1.74 bits per heavy atom. The molecule has 9 nitrogen and oxygen atoms in total. The zero-order valence-corrected chi connectivity index (χ0v) is 27.2. The number of hydrogen-bond acceptors (Lipinski definition) is 9. The maximum atomic E-state index is 13.2. The molecule has 6 fully saturated rings. The molecule has 3 heterocycles. The van der Waals surface area contributed by atoms with Gasteiger partial charge in [-0.3, -0.25) is 0 Å². The zero-order chi connectivity index (χ0) is 32.1. The topological polar surface area (TPSA) is 121 Å². The Hall–Kier alpha value is -2.14. The summed E-state index contributed by atoms with van der Waals surface area (Å²) >= 11 is 0. The first-order valence-electron chi connectivity index (χ1n) is 17.4. The number of rotatable bonds is 5. The molecule has 4 saturated carbocycles. The summed E-state index contributed by atoms with van der Waals surface area (Å²) in [7, 11) is 0. The lowest BCUT2D eigenvalue weighted by Crippen LogP contribution is -2.69. The van der Waals surface area contributed by atoms with E-state index in [-0.39, 0.29) is 48.1 Å². The van der Waals surface area contributed by atoms with Gasteiger partial charge in [0.2, 0.25) is 0 Å². The van der Waals surface area contributed by atoms with E-state index in [1.807, 2.05) is 44.2 Å². The fraction of sp³-hybridized carbons (Fsp3) is 0.730. The maximum absolute atomic E-state index is 13.2. The molecule has 250 valence electrons. The Labute approximate surface area is 270 Å². The van der Waals surface area contributed by atoms with Crippen LogP contribution in [0.4, 0.5) is 0 Å². The molecule has 0 bridgehead atoms. The van der Waals surface area contributed by atoms with E-state index in [2.05, 4.69) is 6.92 Å². The Morgan fingerprint density at radius 3 is 2.48 bits per heavy atom. The predicted octanol–water partition coefficient (Wildman–Crippen LogP) is 4.71. The Morgan fingerprint density at radius 1 is 0.957 bits per heavy atom. The summed E-state index contributed by atoms with van der Waals surface area (Å²) in [4.78, 5) is 25.1. The van der Waals surface area contributed by atoms with Gasteiger partial charge in [0.15, 0.2) is 12.1 Å². The van der Waals surface area contributed by atoms with Crippen molar-refractivity contribution in [1.29, 1.82) is 0 Å². The Kier molecular flexibility index (Phi) is 7.23. The lowest BCUT2D eigenvalue weighted by molar-refractivity contribution is -0.278. The summed E-state index contributed by atoms with van der Waals surface area (Å²) in [5, 5.41) is 24.9. The van der Waals surface area contributed by atoms with Crippen LogP contribution in [-0.4, -0.2) is 71.0 Å². The van der Waals surface area contributed by atoms with Crippen LogP contribution < -0.4 is 0 Å². The minimum absolute atomic E-state index is 0.0827. The van der Waals surface area contributed by atoms with Crippen molar-refractivity contribution in [3.8, 4) is 0 Å². The molecule has 9 heteroatoms. The van der Waals surface area contributed by atoms with Crippen LogP contribution >= 0.6 is 0 Å². The first-order valence-corrected chi connectivity index (χ1v) is 17.4. The number of fused-ring (bicyclic) bond motifs is 6.